The highest BCUT2D eigenvalue weighted by molar-refractivity contribution is 6.34. The van der Waals surface area contributed by atoms with Crippen LogP contribution in [0.2, 0.25) is 10.0 Å². The standard InChI is InChI=1S/C13H15Cl2N3O/c1-2-12-13(17-18(16-12)3-4-19)7-9-5-10(14)8-11(15)6-9/h5-6,8,19H,2-4,7H2,1H3. The van der Waals surface area contributed by atoms with Crippen molar-refractivity contribution in [1.82, 2.24) is 15.0 Å². The molecular weight excluding hydrogens is 285 g/mol. The molecule has 0 atom stereocenters. The van der Waals surface area contributed by atoms with Crippen LogP contribution in [-0.2, 0) is 19.4 Å². The number of benzene rings is 1. The van der Waals surface area contributed by atoms with Gasteiger partial charge in [0.05, 0.1) is 24.5 Å². The van der Waals surface area contributed by atoms with Gasteiger partial charge in [-0.1, -0.05) is 30.1 Å². The van der Waals surface area contributed by atoms with Crippen molar-refractivity contribution in [1.29, 1.82) is 0 Å². The molecule has 0 fully saturated rings. The fourth-order valence-electron chi connectivity index (χ4n) is 1.92. The van der Waals surface area contributed by atoms with Crippen molar-refractivity contribution in [3.05, 3.63) is 45.2 Å². The fourth-order valence-corrected chi connectivity index (χ4v) is 2.50. The van der Waals surface area contributed by atoms with Gasteiger partial charge in [0.2, 0.25) is 0 Å². The molecule has 19 heavy (non-hydrogen) atoms. The van der Waals surface area contributed by atoms with E-state index in [1.807, 2.05) is 19.1 Å². The SMILES string of the molecule is CCc1nn(CCO)nc1Cc1cc(Cl)cc(Cl)c1. The number of rotatable bonds is 5. The first-order valence-electron chi connectivity index (χ1n) is 6.11. The molecule has 0 spiro atoms. The molecular formula is C13H15Cl2N3O. The second-order valence-corrected chi connectivity index (χ2v) is 5.09. The summed E-state index contributed by atoms with van der Waals surface area (Å²) in [5.41, 5.74) is 2.84. The Balaban J connectivity index is 2.26. The number of nitrogens with zero attached hydrogens (tertiary/aromatic N) is 3. The maximum Gasteiger partial charge on any atom is 0.0902 e. The van der Waals surface area contributed by atoms with Crippen LogP contribution in [0.15, 0.2) is 18.2 Å². The van der Waals surface area contributed by atoms with Crippen molar-refractivity contribution in [3.63, 3.8) is 0 Å². The minimum Gasteiger partial charge on any atom is -0.394 e. The average Bonchev–Trinajstić information content (AvgIpc) is 2.70. The van der Waals surface area contributed by atoms with Crippen molar-refractivity contribution in [2.75, 3.05) is 6.61 Å². The third-order valence-electron chi connectivity index (χ3n) is 2.73. The summed E-state index contributed by atoms with van der Waals surface area (Å²) < 4.78 is 0. The van der Waals surface area contributed by atoms with Crippen LogP contribution in [0.5, 0.6) is 0 Å². The second-order valence-electron chi connectivity index (χ2n) is 4.22. The molecule has 1 aromatic heterocycles. The van der Waals surface area contributed by atoms with Crippen LogP contribution < -0.4 is 0 Å². The summed E-state index contributed by atoms with van der Waals surface area (Å²) in [6.45, 7) is 2.46. The molecule has 2 rings (SSSR count). The number of hydrogen-bond donors (Lipinski definition) is 1. The molecule has 6 heteroatoms. The zero-order valence-corrected chi connectivity index (χ0v) is 12.1. The monoisotopic (exact) mass is 299 g/mol. The van der Waals surface area contributed by atoms with E-state index in [9.17, 15) is 0 Å². The van der Waals surface area contributed by atoms with Crippen LogP contribution in [-0.4, -0.2) is 26.7 Å². The third-order valence-corrected chi connectivity index (χ3v) is 3.17. The van der Waals surface area contributed by atoms with Crippen molar-refractivity contribution in [2.24, 2.45) is 0 Å². The summed E-state index contributed by atoms with van der Waals surface area (Å²) in [7, 11) is 0. The van der Waals surface area contributed by atoms with Gasteiger partial charge in [-0.05, 0) is 30.2 Å². The number of aliphatic hydroxyl groups excluding tert-OH is 1. The van der Waals surface area contributed by atoms with Gasteiger partial charge in [-0.15, -0.1) is 0 Å². The van der Waals surface area contributed by atoms with Gasteiger partial charge in [0.25, 0.3) is 0 Å². The molecule has 0 saturated heterocycles. The molecule has 0 bridgehead atoms. The zero-order chi connectivity index (χ0) is 13.8. The Kier molecular flexibility index (Phi) is 4.80. The molecule has 2 aromatic rings. The van der Waals surface area contributed by atoms with Gasteiger partial charge in [0.1, 0.15) is 0 Å². The average molecular weight is 300 g/mol. The van der Waals surface area contributed by atoms with E-state index in [1.165, 1.54) is 4.80 Å². The van der Waals surface area contributed by atoms with E-state index in [0.29, 0.717) is 23.0 Å². The van der Waals surface area contributed by atoms with Crippen molar-refractivity contribution < 1.29 is 5.11 Å². The third kappa shape index (κ3) is 3.69. The van der Waals surface area contributed by atoms with Crippen molar-refractivity contribution in [3.8, 4) is 0 Å². The van der Waals surface area contributed by atoms with E-state index >= 15 is 0 Å². The lowest BCUT2D eigenvalue weighted by atomic mass is 10.1. The summed E-state index contributed by atoms with van der Waals surface area (Å²) in [6.07, 6.45) is 1.43. The van der Waals surface area contributed by atoms with Crippen LogP contribution in [0.3, 0.4) is 0 Å². The largest absolute Gasteiger partial charge is 0.394 e. The van der Waals surface area contributed by atoms with Crippen LogP contribution in [0.1, 0.15) is 23.9 Å². The van der Waals surface area contributed by atoms with Gasteiger partial charge in [-0.3, -0.25) is 0 Å². The van der Waals surface area contributed by atoms with Crippen LogP contribution in [0, 0.1) is 0 Å². The topological polar surface area (TPSA) is 50.9 Å². The number of halogens is 2. The van der Waals surface area contributed by atoms with Crippen LogP contribution >= 0.6 is 23.2 Å². The van der Waals surface area contributed by atoms with E-state index in [4.69, 9.17) is 28.3 Å². The maximum atomic E-state index is 8.92. The number of aliphatic hydroxyl groups is 1. The molecule has 4 nitrogen and oxygen atoms in total. The van der Waals surface area contributed by atoms with Crippen molar-refractivity contribution >= 4 is 23.2 Å². The molecule has 1 N–H and O–H groups in total. The Labute approximate surface area is 122 Å². The highest BCUT2D eigenvalue weighted by Crippen LogP contribution is 2.21. The van der Waals surface area contributed by atoms with E-state index in [2.05, 4.69) is 10.2 Å². The summed E-state index contributed by atoms with van der Waals surface area (Å²) in [6, 6.07) is 5.45. The number of aryl methyl sites for hydroxylation is 1. The maximum absolute atomic E-state index is 8.92. The molecule has 102 valence electrons. The van der Waals surface area contributed by atoms with E-state index in [1.54, 1.807) is 6.07 Å². The lowest BCUT2D eigenvalue weighted by molar-refractivity contribution is 0.260. The first-order chi connectivity index (χ1) is 9.12. The van der Waals surface area contributed by atoms with Gasteiger partial charge in [-0.25, -0.2) is 0 Å². The van der Waals surface area contributed by atoms with Crippen LogP contribution in [0.4, 0.5) is 0 Å². The van der Waals surface area contributed by atoms with E-state index in [0.717, 1.165) is 23.4 Å². The van der Waals surface area contributed by atoms with Gasteiger partial charge >= 0.3 is 0 Å². The molecule has 1 aromatic carbocycles. The fraction of sp³-hybridized carbons (Fsp3) is 0.385. The van der Waals surface area contributed by atoms with Crippen molar-refractivity contribution in [2.45, 2.75) is 26.3 Å². The molecule has 0 radical (unpaired) electrons. The summed E-state index contributed by atoms with van der Waals surface area (Å²) in [5, 5.41) is 18.9. The smallest absolute Gasteiger partial charge is 0.0902 e. The molecule has 0 amide bonds. The first-order valence-corrected chi connectivity index (χ1v) is 6.86. The molecule has 0 aliphatic heterocycles. The van der Waals surface area contributed by atoms with Gasteiger partial charge < -0.3 is 5.11 Å². The molecule has 0 aliphatic rings. The van der Waals surface area contributed by atoms with Gasteiger partial charge in [-0.2, -0.15) is 15.0 Å². The van der Waals surface area contributed by atoms with Gasteiger partial charge in [0, 0.05) is 16.5 Å². The lowest BCUT2D eigenvalue weighted by Gasteiger charge is -2.02. The highest BCUT2D eigenvalue weighted by Gasteiger charge is 2.10. The minimum atomic E-state index is 0.0280. The Morgan fingerprint density at radius 1 is 1.11 bits per heavy atom. The van der Waals surface area contributed by atoms with Gasteiger partial charge in [0.15, 0.2) is 0 Å². The zero-order valence-electron chi connectivity index (χ0n) is 10.6. The Morgan fingerprint density at radius 3 is 2.32 bits per heavy atom. The van der Waals surface area contributed by atoms with Crippen LogP contribution in [0.25, 0.3) is 0 Å². The lowest BCUT2D eigenvalue weighted by Crippen LogP contribution is -2.06. The molecule has 0 unspecified atom stereocenters. The Bertz CT molecular complexity index is 549. The molecule has 0 saturated carbocycles. The number of hydrogen-bond acceptors (Lipinski definition) is 3. The Morgan fingerprint density at radius 2 is 1.74 bits per heavy atom. The quantitative estimate of drug-likeness (QED) is 0.923. The molecule has 1 heterocycles. The highest BCUT2D eigenvalue weighted by atomic mass is 35.5. The van der Waals surface area contributed by atoms with E-state index in [-0.39, 0.29) is 6.61 Å². The summed E-state index contributed by atoms with van der Waals surface area (Å²) in [4.78, 5) is 1.53. The number of aromatic nitrogens is 3. The normalized spacial score (nSPS) is 10.9. The minimum absolute atomic E-state index is 0.0280. The first kappa shape index (κ1) is 14.3. The van der Waals surface area contributed by atoms with E-state index < -0.39 is 0 Å². The summed E-state index contributed by atoms with van der Waals surface area (Å²) >= 11 is 12.0. The predicted octanol–water partition coefficient (Wildman–Crippen LogP) is 2.73. The second kappa shape index (κ2) is 6.37. The molecule has 0 aliphatic carbocycles. The summed E-state index contributed by atoms with van der Waals surface area (Å²) in [5.74, 6) is 0. The Hall–Kier alpha value is -1.10. The predicted molar refractivity (Wildman–Crippen MR) is 75.8 cm³/mol.